The van der Waals surface area contributed by atoms with E-state index in [1.54, 1.807) is 45.0 Å². The number of amides is 1. The maximum absolute atomic E-state index is 12.8. The van der Waals surface area contributed by atoms with E-state index in [-0.39, 0.29) is 28.9 Å². The summed E-state index contributed by atoms with van der Waals surface area (Å²) in [6.45, 7) is 6.66. The molecule has 4 atom stereocenters. The van der Waals surface area contributed by atoms with Crippen molar-refractivity contribution in [1.82, 2.24) is 15.8 Å². The van der Waals surface area contributed by atoms with Crippen molar-refractivity contribution in [3.8, 4) is 6.07 Å². The van der Waals surface area contributed by atoms with Crippen molar-refractivity contribution < 1.29 is 17.9 Å². The summed E-state index contributed by atoms with van der Waals surface area (Å²) in [5.74, 6) is -0.385. The summed E-state index contributed by atoms with van der Waals surface area (Å²) in [5.41, 5.74) is 3.71. The first-order chi connectivity index (χ1) is 15.1. The molecule has 3 N–H and O–H groups in total. The van der Waals surface area contributed by atoms with Gasteiger partial charge in [0.2, 0.25) is 5.91 Å². The van der Waals surface area contributed by atoms with Crippen LogP contribution in [0.25, 0.3) is 0 Å². The molecule has 0 bridgehead atoms. The number of fused-ring (bicyclic) bond motifs is 1. The first-order valence-electron chi connectivity index (χ1n) is 11.0. The van der Waals surface area contributed by atoms with Gasteiger partial charge >= 0.3 is 0 Å². The number of rotatable bonds is 5. The molecule has 3 aliphatic heterocycles. The molecule has 174 valence electrons. The molecular weight excluding hydrogens is 430 g/mol. The molecule has 1 aromatic rings. The summed E-state index contributed by atoms with van der Waals surface area (Å²) < 4.78 is 30.2. The smallest absolute Gasteiger partial charge is 0.228 e. The van der Waals surface area contributed by atoms with Gasteiger partial charge in [-0.3, -0.25) is 4.79 Å². The van der Waals surface area contributed by atoms with Crippen LogP contribution in [-0.2, 0) is 19.4 Å². The molecule has 3 heterocycles. The molecule has 4 rings (SSSR count). The lowest BCUT2D eigenvalue weighted by Gasteiger charge is -2.41. The van der Waals surface area contributed by atoms with Crippen molar-refractivity contribution in [2.45, 2.75) is 67.4 Å². The van der Waals surface area contributed by atoms with E-state index >= 15 is 0 Å². The number of nitrogens with one attached hydrogen (secondary N) is 3. The van der Waals surface area contributed by atoms with Crippen LogP contribution in [0.15, 0.2) is 29.2 Å². The summed E-state index contributed by atoms with van der Waals surface area (Å²) in [4.78, 5) is 13.1. The van der Waals surface area contributed by atoms with E-state index in [9.17, 15) is 18.5 Å². The summed E-state index contributed by atoms with van der Waals surface area (Å²) in [5, 5.41) is 17.9. The van der Waals surface area contributed by atoms with E-state index in [0.717, 1.165) is 12.8 Å². The number of benzene rings is 1. The van der Waals surface area contributed by atoms with Crippen LogP contribution >= 0.6 is 0 Å². The van der Waals surface area contributed by atoms with Crippen molar-refractivity contribution in [2.24, 2.45) is 5.92 Å². The van der Waals surface area contributed by atoms with Crippen LogP contribution in [0, 0.1) is 17.2 Å². The second-order valence-corrected chi connectivity index (χ2v) is 12.5. The minimum Gasteiger partial charge on any atom is -0.379 e. The van der Waals surface area contributed by atoms with Gasteiger partial charge in [0.15, 0.2) is 9.84 Å². The lowest BCUT2D eigenvalue weighted by Crippen LogP contribution is -2.59. The molecular formula is C22H31N5O4S. The van der Waals surface area contributed by atoms with Gasteiger partial charge in [-0.05, 0) is 57.9 Å². The topological polar surface area (TPSA) is 124 Å². The zero-order valence-corrected chi connectivity index (χ0v) is 19.5. The van der Waals surface area contributed by atoms with Crippen molar-refractivity contribution in [3.05, 3.63) is 24.3 Å². The maximum atomic E-state index is 12.8. The highest BCUT2D eigenvalue weighted by atomic mass is 32.2. The van der Waals surface area contributed by atoms with E-state index in [1.807, 2.05) is 0 Å². The van der Waals surface area contributed by atoms with E-state index in [0.29, 0.717) is 31.9 Å². The monoisotopic (exact) mass is 461 g/mol. The highest BCUT2D eigenvalue weighted by Crippen LogP contribution is 2.39. The Morgan fingerprint density at radius 3 is 2.62 bits per heavy atom. The molecule has 3 aliphatic rings. The molecule has 0 saturated carbocycles. The molecule has 32 heavy (non-hydrogen) atoms. The van der Waals surface area contributed by atoms with Gasteiger partial charge in [-0.25, -0.2) is 18.9 Å². The largest absolute Gasteiger partial charge is 0.379 e. The van der Waals surface area contributed by atoms with Crippen LogP contribution in [0.5, 0.6) is 0 Å². The SMILES string of the molecule is CC(C)(C)S(=O)(=O)c1ccc(NC2NN([C@@]3(CC#N)CCOC3)C3CCNC(=O)C23)cc1. The average Bonchev–Trinajstić information content (AvgIpc) is 3.34. The molecule has 3 fully saturated rings. The second kappa shape index (κ2) is 8.30. The highest BCUT2D eigenvalue weighted by molar-refractivity contribution is 7.92. The number of ether oxygens (including phenoxy) is 1. The number of hydrazine groups is 1. The predicted molar refractivity (Wildman–Crippen MR) is 119 cm³/mol. The number of nitriles is 1. The maximum Gasteiger partial charge on any atom is 0.228 e. The summed E-state index contributed by atoms with van der Waals surface area (Å²) in [6.07, 6.45) is 1.43. The van der Waals surface area contributed by atoms with Crippen LogP contribution in [0.4, 0.5) is 5.69 Å². The lowest BCUT2D eigenvalue weighted by molar-refractivity contribution is -0.128. The number of hydrogen-bond acceptors (Lipinski definition) is 8. The summed E-state index contributed by atoms with van der Waals surface area (Å²) in [7, 11) is -3.44. The van der Waals surface area contributed by atoms with Crippen molar-refractivity contribution in [1.29, 1.82) is 5.26 Å². The number of carbonyl (C=O) groups is 1. The molecule has 3 saturated heterocycles. The minimum absolute atomic E-state index is 0.0355. The quantitative estimate of drug-likeness (QED) is 0.601. The van der Waals surface area contributed by atoms with Gasteiger partial charge < -0.3 is 15.4 Å². The molecule has 0 spiro atoms. The van der Waals surface area contributed by atoms with E-state index in [2.05, 4.69) is 27.1 Å². The van der Waals surface area contributed by atoms with Crippen molar-refractivity contribution >= 4 is 21.4 Å². The van der Waals surface area contributed by atoms with Gasteiger partial charge in [-0.2, -0.15) is 5.26 Å². The highest BCUT2D eigenvalue weighted by Gasteiger charge is 2.55. The number of piperidine rings is 1. The van der Waals surface area contributed by atoms with Gasteiger partial charge in [-0.15, -0.1) is 0 Å². The first kappa shape index (κ1) is 23.0. The normalized spacial score (nSPS) is 31.1. The van der Waals surface area contributed by atoms with Crippen molar-refractivity contribution in [2.75, 3.05) is 25.1 Å². The number of nitrogens with zero attached hydrogens (tertiary/aromatic N) is 2. The van der Waals surface area contributed by atoms with Gasteiger partial charge in [0.05, 0.1) is 40.2 Å². The molecule has 0 aromatic heterocycles. The molecule has 9 nitrogen and oxygen atoms in total. The van der Waals surface area contributed by atoms with E-state index in [4.69, 9.17) is 4.74 Å². The Hall–Kier alpha value is -2.19. The standard InChI is InChI=1S/C22H31N5O4S/c1-21(2,3)32(29,30)16-6-4-15(5-7-16)25-19-18-17(8-12-24-20(18)28)27(26-19)22(9-11-23)10-13-31-14-22/h4-7,17-19,25-26H,8-10,12-14H2,1-3H3,(H,24,28)/t17?,18?,19?,22-/m0/s1. The Balaban J connectivity index is 1.58. The van der Waals surface area contributed by atoms with Crippen LogP contribution in [-0.4, -0.2) is 61.6 Å². The van der Waals surface area contributed by atoms with Crippen LogP contribution in [0.1, 0.15) is 40.0 Å². The van der Waals surface area contributed by atoms with E-state index in [1.165, 1.54) is 0 Å². The molecule has 0 radical (unpaired) electrons. The summed E-state index contributed by atoms with van der Waals surface area (Å²) in [6, 6.07) is 8.87. The van der Waals surface area contributed by atoms with Crippen LogP contribution < -0.4 is 16.1 Å². The molecule has 10 heteroatoms. The van der Waals surface area contributed by atoms with Gasteiger partial charge in [-0.1, -0.05) is 0 Å². The van der Waals surface area contributed by atoms with Gasteiger partial charge in [0.25, 0.3) is 0 Å². The Kier molecular flexibility index (Phi) is 5.96. The fourth-order valence-electron chi connectivity index (χ4n) is 4.84. The Bertz CT molecular complexity index is 1010. The van der Waals surface area contributed by atoms with Gasteiger partial charge in [0, 0.05) is 24.9 Å². The zero-order chi connectivity index (χ0) is 23.1. The fourth-order valence-corrected chi connectivity index (χ4v) is 6.04. The molecule has 1 amide bonds. The first-order valence-corrected chi connectivity index (χ1v) is 12.5. The fraction of sp³-hybridized carbons (Fsp3) is 0.636. The Labute approximate surface area is 189 Å². The van der Waals surface area contributed by atoms with Gasteiger partial charge in [0.1, 0.15) is 6.17 Å². The molecule has 0 aliphatic carbocycles. The third-order valence-electron chi connectivity index (χ3n) is 6.72. The number of sulfone groups is 1. The van der Waals surface area contributed by atoms with Crippen molar-refractivity contribution in [3.63, 3.8) is 0 Å². The second-order valence-electron chi connectivity index (χ2n) is 9.80. The average molecular weight is 462 g/mol. The molecule has 1 aromatic carbocycles. The van der Waals surface area contributed by atoms with Crippen LogP contribution in [0.2, 0.25) is 0 Å². The number of anilines is 1. The Morgan fingerprint density at radius 1 is 1.31 bits per heavy atom. The summed E-state index contributed by atoms with van der Waals surface area (Å²) >= 11 is 0. The zero-order valence-electron chi connectivity index (χ0n) is 18.7. The third kappa shape index (κ3) is 3.88. The van der Waals surface area contributed by atoms with Crippen LogP contribution in [0.3, 0.4) is 0 Å². The van der Waals surface area contributed by atoms with E-state index < -0.39 is 20.1 Å². The predicted octanol–water partition coefficient (Wildman–Crippen LogP) is 1.39. The Morgan fingerprint density at radius 2 is 2.03 bits per heavy atom. The lowest BCUT2D eigenvalue weighted by atomic mass is 9.86. The number of hydrogen-bond donors (Lipinski definition) is 3. The molecule has 3 unspecified atom stereocenters. The third-order valence-corrected chi connectivity index (χ3v) is 9.23. The minimum atomic E-state index is -3.44. The number of carbonyl (C=O) groups excluding carboxylic acids is 1.